The summed E-state index contributed by atoms with van der Waals surface area (Å²) >= 11 is 7.73. The van der Waals surface area contributed by atoms with E-state index in [1.165, 1.54) is 9.08 Å². The van der Waals surface area contributed by atoms with E-state index in [4.69, 9.17) is 16.3 Å². The van der Waals surface area contributed by atoms with Crippen LogP contribution in [0.1, 0.15) is 33.6 Å². The second-order valence-electron chi connectivity index (χ2n) is 10.5. The topological polar surface area (TPSA) is 65.6 Å². The van der Waals surface area contributed by atoms with Crippen molar-refractivity contribution < 1.29 is 9.53 Å². The number of rotatable bonds is 6. The third-order valence-corrected chi connectivity index (χ3v) is 8.25. The van der Waals surface area contributed by atoms with Crippen LogP contribution in [0.4, 0.5) is 0 Å². The number of carbonyl (C=O) groups excluding carboxylic acids is 1. The Morgan fingerprint density at radius 1 is 1.03 bits per heavy atom. The van der Waals surface area contributed by atoms with E-state index in [0.717, 1.165) is 28.9 Å². The summed E-state index contributed by atoms with van der Waals surface area (Å²) in [5.74, 6) is -0.581. The van der Waals surface area contributed by atoms with Gasteiger partial charge in [0.25, 0.3) is 0 Å². The Balaban J connectivity index is 1.37. The van der Waals surface area contributed by atoms with Crippen LogP contribution in [0.2, 0.25) is 5.02 Å². The van der Waals surface area contributed by atoms with E-state index in [9.17, 15) is 9.59 Å². The molecule has 0 aliphatic heterocycles. The summed E-state index contributed by atoms with van der Waals surface area (Å²) in [5, 5.41) is 5.26. The molecule has 8 heteroatoms. The number of hydrogen-bond acceptors (Lipinski definition) is 5. The van der Waals surface area contributed by atoms with Gasteiger partial charge in [0.2, 0.25) is 0 Å². The molecule has 5 rings (SSSR count). The van der Waals surface area contributed by atoms with Gasteiger partial charge in [-0.1, -0.05) is 41.9 Å². The molecule has 0 unspecified atom stereocenters. The largest absolute Gasteiger partial charge is 0.460 e. The first kappa shape index (κ1) is 25.6. The Kier molecular flexibility index (Phi) is 7.19. The fraction of sp³-hybridized carbons (Fsp3) is 0.345. The number of esters is 1. The van der Waals surface area contributed by atoms with Crippen molar-refractivity contribution >= 4 is 35.0 Å². The van der Waals surface area contributed by atoms with Crippen LogP contribution in [0.15, 0.2) is 82.6 Å². The summed E-state index contributed by atoms with van der Waals surface area (Å²) in [5.41, 5.74) is 2.05. The SMILES string of the molecule is CC(C)(C)OC(=O)[C@H]1[C@H](Cn2nc3ccccn3c2=O)CC[C@@H]1Sc1ccc(-c2ccc(Cl)cc2)cc1. The molecule has 0 saturated heterocycles. The Hall–Kier alpha value is -3.03. The molecular weight excluding hydrogens is 506 g/mol. The molecule has 1 fully saturated rings. The van der Waals surface area contributed by atoms with Crippen molar-refractivity contribution in [1.82, 2.24) is 14.2 Å². The predicted molar refractivity (Wildman–Crippen MR) is 148 cm³/mol. The minimum Gasteiger partial charge on any atom is -0.460 e. The van der Waals surface area contributed by atoms with Crippen LogP contribution >= 0.6 is 23.4 Å². The van der Waals surface area contributed by atoms with Crippen LogP contribution in [0.25, 0.3) is 16.8 Å². The monoisotopic (exact) mass is 535 g/mol. The molecule has 0 spiro atoms. The second-order valence-corrected chi connectivity index (χ2v) is 12.2. The zero-order valence-corrected chi connectivity index (χ0v) is 22.7. The number of benzene rings is 2. The highest BCUT2D eigenvalue weighted by Crippen LogP contribution is 2.44. The van der Waals surface area contributed by atoms with Crippen molar-refractivity contribution in [3.8, 4) is 11.1 Å². The summed E-state index contributed by atoms with van der Waals surface area (Å²) in [4.78, 5) is 27.4. The van der Waals surface area contributed by atoms with Crippen molar-refractivity contribution in [2.75, 3.05) is 0 Å². The minimum absolute atomic E-state index is 0.0386. The van der Waals surface area contributed by atoms with E-state index in [-0.39, 0.29) is 28.7 Å². The number of aromatic nitrogens is 3. The highest BCUT2D eigenvalue weighted by atomic mass is 35.5. The highest BCUT2D eigenvalue weighted by molar-refractivity contribution is 8.00. The molecule has 0 bridgehead atoms. The molecule has 0 N–H and O–H groups in total. The third kappa shape index (κ3) is 5.78. The van der Waals surface area contributed by atoms with Crippen LogP contribution in [0.5, 0.6) is 0 Å². The van der Waals surface area contributed by atoms with Crippen LogP contribution in [0, 0.1) is 11.8 Å². The molecule has 0 amide bonds. The third-order valence-electron chi connectivity index (χ3n) is 6.62. The van der Waals surface area contributed by atoms with Crippen LogP contribution in [-0.4, -0.2) is 31.0 Å². The lowest BCUT2D eigenvalue weighted by atomic mass is 9.95. The molecule has 3 atom stereocenters. The average molecular weight is 536 g/mol. The first-order valence-corrected chi connectivity index (χ1v) is 13.7. The number of carbonyl (C=O) groups is 1. The first-order valence-electron chi connectivity index (χ1n) is 12.5. The number of hydrogen-bond donors (Lipinski definition) is 0. The van der Waals surface area contributed by atoms with Gasteiger partial charge in [-0.15, -0.1) is 16.9 Å². The number of ether oxygens (including phenoxy) is 1. The Labute approximate surface area is 225 Å². The lowest BCUT2D eigenvalue weighted by Gasteiger charge is -2.27. The molecule has 2 aromatic heterocycles. The molecule has 1 aliphatic rings. The van der Waals surface area contributed by atoms with E-state index in [2.05, 4.69) is 29.4 Å². The minimum atomic E-state index is -0.584. The average Bonchev–Trinajstić information content (AvgIpc) is 3.40. The van der Waals surface area contributed by atoms with Crippen molar-refractivity contribution in [2.45, 2.75) is 55.9 Å². The fourth-order valence-corrected chi connectivity index (χ4v) is 6.45. The summed E-state index contributed by atoms with van der Waals surface area (Å²) in [6.07, 6.45) is 3.40. The Morgan fingerprint density at radius 3 is 2.35 bits per heavy atom. The summed E-state index contributed by atoms with van der Waals surface area (Å²) < 4.78 is 8.88. The molecule has 0 radical (unpaired) electrons. The molecular formula is C29H30ClN3O3S. The van der Waals surface area contributed by atoms with Crippen molar-refractivity contribution in [1.29, 1.82) is 0 Å². The van der Waals surface area contributed by atoms with E-state index in [1.807, 2.05) is 63.2 Å². The molecule has 1 saturated carbocycles. The molecule has 6 nitrogen and oxygen atoms in total. The number of pyridine rings is 1. The van der Waals surface area contributed by atoms with Crippen LogP contribution < -0.4 is 5.69 Å². The van der Waals surface area contributed by atoms with Crippen LogP contribution in [-0.2, 0) is 16.1 Å². The van der Waals surface area contributed by atoms with Crippen molar-refractivity contribution in [3.05, 3.63) is 88.4 Å². The lowest BCUT2D eigenvalue weighted by Crippen LogP contribution is -2.36. The number of nitrogens with zero attached hydrogens (tertiary/aromatic N) is 3. The van der Waals surface area contributed by atoms with E-state index >= 15 is 0 Å². The number of halogens is 1. The smallest absolute Gasteiger partial charge is 0.350 e. The van der Waals surface area contributed by atoms with E-state index in [0.29, 0.717) is 17.2 Å². The first-order chi connectivity index (χ1) is 17.7. The predicted octanol–water partition coefficient (Wildman–Crippen LogP) is 6.35. The summed E-state index contributed by atoms with van der Waals surface area (Å²) in [6.45, 7) is 6.05. The molecule has 2 heterocycles. The maximum atomic E-state index is 13.4. The van der Waals surface area contributed by atoms with Crippen molar-refractivity contribution in [3.63, 3.8) is 0 Å². The normalized spacial score (nSPS) is 19.8. The fourth-order valence-electron chi connectivity index (χ4n) is 4.94. The molecule has 192 valence electrons. The van der Waals surface area contributed by atoms with E-state index < -0.39 is 5.60 Å². The molecule has 1 aliphatic carbocycles. The van der Waals surface area contributed by atoms with Gasteiger partial charge in [-0.3, -0.25) is 9.20 Å². The van der Waals surface area contributed by atoms with E-state index in [1.54, 1.807) is 18.0 Å². The Morgan fingerprint density at radius 2 is 1.70 bits per heavy atom. The zero-order chi connectivity index (χ0) is 26.2. The van der Waals surface area contributed by atoms with Gasteiger partial charge in [-0.25, -0.2) is 9.48 Å². The molecule has 2 aromatic carbocycles. The molecule has 37 heavy (non-hydrogen) atoms. The number of thioether (sulfide) groups is 1. The second kappa shape index (κ2) is 10.4. The van der Waals surface area contributed by atoms with Gasteiger partial charge < -0.3 is 4.74 Å². The maximum Gasteiger partial charge on any atom is 0.350 e. The van der Waals surface area contributed by atoms with Gasteiger partial charge in [0.1, 0.15) is 5.60 Å². The lowest BCUT2D eigenvalue weighted by molar-refractivity contribution is -0.161. The van der Waals surface area contributed by atoms with Gasteiger partial charge >= 0.3 is 11.7 Å². The number of fused-ring (bicyclic) bond motifs is 1. The van der Waals surface area contributed by atoms with Gasteiger partial charge in [0.15, 0.2) is 5.65 Å². The van der Waals surface area contributed by atoms with Gasteiger partial charge in [-0.2, -0.15) is 0 Å². The van der Waals surface area contributed by atoms with Gasteiger partial charge in [0, 0.05) is 21.4 Å². The summed E-state index contributed by atoms with van der Waals surface area (Å²) in [6, 6.07) is 21.6. The van der Waals surface area contributed by atoms with Gasteiger partial charge in [0.05, 0.1) is 12.5 Å². The standard InChI is InChI=1S/C29H30ClN3O3S/c1-29(2,3)36-27(34)26-21(18-33-28(35)32-17-5-4-6-25(32)31-33)11-16-24(26)37-23-14-9-20(10-15-23)19-7-12-22(30)13-8-19/h4-10,12-15,17,21,24,26H,11,16,18H2,1-3H3/t21-,24-,26-/m0/s1. The van der Waals surface area contributed by atoms with Gasteiger partial charge in [-0.05, 0) is 87.1 Å². The zero-order valence-electron chi connectivity index (χ0n) is 21.1. The Bertz CT molecular complexity index is 1460. The highest BCUT2D eigenvalue weighted by Gasteiger charge is 2.44. The molecule has 4 aromatic rings. The maximum absolute atomic E-state index is 13.4. The quantitative estimate of drug-likeness (QED) is 0.269. The summed E-state index contributed by atoms with van der Waals surface area (Å²) in [7, 11) is 0. The van der Waals surface area contributed by atoms with Crippen LogP contribution in [0.3, 0.4) is 0 Å². The van der Waals surface area contributed by atoms with Crippen molar-refractivity contribution in [2.24, 2.45) is 11.8 Å².